The Labute approximate surface area is 96.5 Å². The van der Waals surface area contributed by atoms with E-state index in [4.69, 9.17) is 11.6 Å². The van der Waals surface area contributed by atoms with Crippen LogP contribution in [0.1, 0.15) is 26.2 Å². The third-order valence-corrected chi connectivity index (χ3v) is 2.94. The normalized spacial score (nSPS) is 17.2. The number of nitrogens with one attached hydrogen (secondary N) is 1. The molecule has 0 unspecified atom stereocenters. The van der Waals surface area contributed by atoms with Crippen molar-refractivity contribution < 1.29 is 4.79 Å². The van der Waals surface area contributed by atoms with E-state index in [0.717, 1.165) is 44.6 Å². The molecule has 1 heterocycles. The third kappa shape index (κ3) is 4.67. The van der Waals surface area contributed by atoms with Gasteiger partial charge in [0, 0.05) is 38.1 Å². The molecule has 0 aromatic heterocycles. The summed E-state index contributed by atoms with van der Waals surface area (Å²) in [7, 11) is 0. The van der Waals surface area contributed by atoms with E-state index in [0.29, 0.717) is 6.42 Å². The minimum absolute atomic E-state index is 0.271. The van der Waals surface area contributed by atoms with E-state index in [1.807, 2.05) is 11.8 Å². The van der Waals surface area contributed by atoms with E-state index >= 15 is 0 Å². The van der Waals surface area contributed by atoms with E-state index in [-0.39, 0.29) is 5.91 Å². The molecule has 0 spiro atoms. The van der Waals surface area contributed by atoms with Crippen LogP contribution < -0.4 is 5.32 Å². The molecule has 0 aromatic rings. The molecule has 3 nitrogen and oxygen atoms in total. The van der Waals surface area contributed by atoms with Crippen LogP contribution in [0.4, 0.5) is 0 Å². The van der Waals surface area contributed by atoms with Crippen LogP contribution in [-0.4, -0.2) is 37.0 Å². The summed E-state index contributed by atoms with van der Waals surface area (Å²) in [5.41, 5.74) is 2.65. The van der Waals surface area contributed by atoms with Crippen molar-refractivity contribution >= 4 is 17.5 Å². The number of halogens is 1. The topological polar surface area (TPSA) is 32.3 Å². The lowest BCUT2D eigenvalue weighted by atomic mass is 10.3. The van der Waals surface area contributed by atoms with E-state index < -0.39 is 0 Å². The Hall–Kier alpha value is -0.540. The summed E-state index contributed by atoms with van der Waals surface area (Å²) in [6.45, 7) is 5.34. The molecule has 1 N–H and O–H groups in total. The fraction of sp³-hybridized carbons (Fsp3) is 0.727. The van der Waals surface area contributed by atoms with E-state index in [2.05, 4.69) is 5.32 Å². The average molecular weight is 231 g/mol. The number of carbonyl (C=O) groups excluding carboxylic acids is 1. The van der Waals surface area contributed by atoms with E-state index in [1.165, 1.54) is 0 Å². The van der Waals surface area contributed by atoms with Crippen LogP contribution in [0.15, 0.2) is 11.1 Å². The second-order valence-corrected chi connectivity index (χ2v) is 4.19. The molecular formula is C11H19ClN2O. The molecule has 1 amide bonds. The van der Waals surface area contributed by atoms with Crippen molar-refractivity contribution in [1.82, 2.24) is 10.2 Å². The molecule has 15 heavy (non-hydrogen) atoms. The van der Waals surface area contributed by atoms with Crippen molar-refractivity contribution in [2.24, 2.45) is 0 Å². The third-order valence-electron chi connectivity index (χ3n) is 2.56. The van der Waals surface area contributed by atoms with Gasteiger partial charge in [0.25, 0.3) is 0 Å². The quantitative estimate of drug-likeness (QED) is 0.730. The Bertz CT molecular complexity index is 235. The zero-order valence-electron chi connectivity index (χ0n) is 9.26. The first-order valence-electron chi connectivity index (χ1n) is 5.48. The molecule has 1 aliphatic rings. The molecule has 1 rings (SSSR count). The molecule has 0 bridgehead atoms. The molecule has 1 fully saturated rings. The maximum atomic E-state index is 11.6. The highest BCUT2D eigenvalue weighted by Gasteiger charge is 2.16. The molecule has 0 atom stereocenters. The fourth-order valence-electron chi connectivity index (χ4n) is 1.64. The standard InChI is InChI=1S/C11H19ClN2O/c1-10(8-12)9-13-5-4-11(15)14-6-2-3-7-14/h8,13H,2-7,9H2,1H3. The predicted molar refractivity (Wildman–Crippen MR) is 62.9 cm³/mol. The number of nitrogens with zero attached hydrogens (tertiary/aromatic N) is 1. The minimum atomic E-state index is 0.271. The molecule has 1 aliphatic heterocycles. The Morgan fingerprint density at radius 2 is 2.13 bits per heavy atom. The Morgan fingerprint density at radius 1 is 1.47 bits per heavy atom. The lowest BCUT2D eigenvalue weighted by molar-refractivity contribution is -0.130. The largest absolute Gasteiger partial charge is 0.343 e. The van der Waals surface area contributed by atoms with Gasteiger partial charge >= 0.3 is 0 Å². The number of hydrogen-bond donors (Lipinski definition) is 1. The Kier molecular flexibility index (Phi) is 5.73. The van der Waals surface area contributed by atoms with Gasteiger partial charge in [0.05, 0.1) is 0 Å². The highest BCUT2D eigenvalue weighted by atomic mass is 35.5. The lowest BCUT2D eigenvalue weighted by Gasteiger charge is -2.15. The number of likely N-dealkylation sites (tertiary alicyclic amines) is 1. The summed E-state index contributed by atoms with van der Waals surface area (Å²) in [4.78, 5) is 13.6. The highest BCUT2D eigenvalue weighted by molar-refractivity contribution is 6.25. The number of hydrogen-bond acceptors (Lipinski definition) is 2. The van der Waals surface area contributed by atoms with Gasteiger partial charge < -0.3 is 10.2 Å². The zero-order chi connectivity index (χ0) is 11.1. The summed E-state index contributed by atoms with van der Waals surface area (Å²) in [6.07, 6.45) is 2.91. The Morgan fingerprint density at radius 3 is 2.73 bits per heavy atom. The summed E-state index contributed by atoms with van der Waals surface area (Å²) in [6, 6.07) is 0. The first-order valence-corrected chi connectivity index (χ1v) is 5.92. The van der Waals surface area contributed by atoms with Crippen LogP contribution in [0.25, 0.3) is 0 Å². The van der Waals surface area contributed by atoms with Crippen molar-refractivity contribution in [3.63, 3.8) is 0 Å². The first kappa shape index (κ1) is 12.5. The fourth-order valence-corrected chi connectivity index (χ4v) is 1.72. The lowest BCUT2D eigenvalue weighted by Crippen LogP contribution is -2.31. The van der Waals surface area contributed by atoms with Crippen LogP contribution >= 0.6 is 11.6 Å². The van der Waals surface area contributed by atoms with Gasteiger partial charge in [0.1, 0.15) is 0 Å². The predicted octanol–water partition coefficient (Wildman–Crippen LogP) is 1.73. The molecule has 4 heteroatoms. The number of carbonyl (C=O) groups is 1. The highest BCUT2D eigenvalue weighted by Crippen LogP contribution is 2.08. The average Bonchev–Trinajstić information content (AvgIpc) is 2.77. The summed E-state index contributed by atoms with van der Waals surface area (Å²) < 4.78 is 0. The van der Waals surface area contributed by atoms with Crippen LogP contribution in [0.3, 0.4) is 0 Å². The Balaban J connectivity index is 2.06. The molecule has 1 saturated heterocycles. The van der Waals surface area contributed by atoms with Gasteiger partial charge in [-0.1, -0.05) is 11.6 Å². The van der Waals surface area contributed by atoms with Gasteiger partial charge in [0.2, 0.25) is 5.91 Å². The maximum absolute atomic E-state index is 11.6. The summed E-state index contributed by atoms with van der Waals surface area (Å²) >= 11 is 5.52. The van der Waals surface area contributed by atoms with Crippen LogP contribution in [0, 0.1) is 0 Å². The van der Waals surface area contributed by atoms with Crippen molar-refractivity contribution in [2.75, 3.05) is 26.2 Å². The first-order chi connectivity index (χ1) is 7.24. The smallest absolute Gasteiger partial charge is 0.223 e. The van der Waals surface area contributed by atoms with Crippen LogP contribution in [-0.2, 0) is 4.79 Å². The van der Waals surface area contributed by atoms with Gasteiger partial charge in [0.15, 0.2) is 0 Å². The van der Waals surface area contributed by atoms with E-state index in [1.54, 1.807) is 5.54 Å². The molecule has 86 valence electrons. The second kappa shape index (κ2) is 6.85. The summed E-state index contributed by atoms with van der Waals surface area (Å²) in [5, 5.41) is 3.19. The molecular weight excluding hydrogens is 212 g/mol. The molecule has 0 aliphatic carbocycles. The zero-order valence-corrected chi connectivity index (χ0v) is 10.0. The van der Waals surface area contributed by atoms with Gasteiger partial charge in [-0.2, -0.15) is 0 Å². The van der Waals surface area contributed by atoms with Crippen LogP contribution in [0.5, 0.6) is 0 Å². The van der Waals surface area contributed by atoms with Crippen LogP contribution in [0.2, 0.25) is 0 Å². The van der Waals surface area contributed by atoms with E-state index in [9.17, 15) is 4.79 Å². The van der Waals surface area contributed by atoms with Gasteiger partial charge in [-0.3, -0.25) is 4.79 Å². The number of rotatable bonds is 5. The molecule has 0 radical (unpaired) electrons. The SMILES string of the molecule is CC(=CCl)CNCCC(=O)N1CCCC1. The van der Waals surface area contributed by atoms with Gasteiger partial charge in [-0.25, -0.2) is 0 Å². The van der Waals surface area contributed by atoms with Crippen molar-refractivity contribution in [2.45, 2.75) is 26.2 Å². The molecule has 0 saturated carbocycles. The van der Waals surface area contributed by atoms with Gasteiger partial charge in [-0.05, 0) is 25.3 Å². The second-order valence-electron chi connectivity index (χ2n) is 3.97. The maximum Gasteiger partial charge on any atom is 0.223 e. The minimum Gasteiger partial charge on any atom is -0.343 e. The number of amides is 1. The van der Waals surface area contributed by atoms with Gasteiger partial charge in [-0.15, -0.1) is 0 Å². The van der Waals surface area contributed by atoms with Crippen molar-refractivity contribution in [3.05, 3.63) is 11.1 Å². The monoisotopic (exact) mass is 230 g/mol. The summed E-state index contributed by atoms with van der Waals surface area (Å²) in [5.74, 6) is 0.271. The van der Waals surface area contributed by atoms with Crippen molar-refractivity contribution in [1.29, 1.82) is 0 Å². The van der Waals surface area contributed by atoms with Crippen molar-refractivity contribution in [3.8, 4) is 0 Å². The molecule has 0 aromatic carbocycles.